The smallest absolute Gasteiger partial charge is 0.305 e. The lowest BCUT2D eigenvalue weighted by molar-refractivity contribution is -0.143. The summed E-state index contributed by atoms with van der Waals surface area (Å²) in [6.45, 7) is 5.01. The number of allylic oxidation sites excluding steroid dienone is 2. The van der Waals surface area contributed by atoms with Gasteiger partial charge in [0.15, 0.2) is 0 Å². The second-order valence-corrected chi connectivity index (χ2v) is 26.3. The number of aliphatic hydroxyl groups is 2. The molecule has 2 atom stereocenters. The monoisotopic (exact) mass is 1160 g/mol. The first kappa shape index (κ1) is 80.6. The molecular formula is C76H149NO5. The Bertz CT molecular complexity index is 1240. The topological polar surface area (TPSA) is 95.9 Å². The molecule has 0 spiro atoms. The largest absolute Gasteiger partial charge is 0.466 e. The summed E-state index contributed by atoms with van der Waals surface area (Å²) in [4.78, 5) is 24.6. The van der Waals surface area contributed by atoms with Gasteiger partial charge in [-0.3, -0.25) is 9.59 Å². The molecule has 2 unspecified atom stereocenters. The van der Waals surface area contributed by atoms with Crippen molar-refractivity contribution in [1.29, 1.82) is 0 Å². The van der Waals surface area contributed by atoms with Crippen LogP contribution in [-0.2, 0) is 14.3 Å². The van der Waals surface area contributed by atoms with Crippen LogP contribution in [0.3, 0.4) is 0 Å². The van der Waals surface area contributed by atoms with E-state index in [1.807, 2.05) is 0 Å². The Morgan fingerprint density at radius 3 is 0.866 bits per heavy atom. The number of esters is 1. The molecule has 0 rings (SSSR count). The van der Waals surface area contributed by atoms with Crippen molar-refractivity contribution < 1.29 is 24.5 Å². The summed E-state index contributed by atoms with van der Waals surface area (Å²) in [5.41, 5.74) is 0. The lowest BCUT2D eigenvalue weighted by Gasteiger charge is -2.22. The molecule has 0 saturated heterocycles. The molecule has 0 aromatic carbocycles. The van der Waals surface area contributed by atoms with E-state index in [0.29, 0.717) is 25.9 Å². The Labute approximate surface area is 514 Å². The van der Waals surface area contributed by atoms with Gasteiger partial charge < -0.3 is 20.3 Å². The minimum Gasteiger partial charge on any atom is -0.466 e. The van der Waals surface area contributed by atoms with Crippen LogP contribution in [0.1, 0.15) is 438 Å². The summed E-state index contributed by atoms with van der Waals surface area (Å²) < 4.78 is 5.50. The number of rotatable bonds is 72. The normalized spacial score (nSPS) is 12.5. The van der Waals surface area contributed by atoms with Gasteiger partial charge in [0.2, 0.25) is 5.91 Å². The zero-order chi connectivity index (χ0) is 59.2. The number of unbranched alkanes of at least 4 members (excludes halogenated alkanes) is 59. The van der Waals surface area contributed by atoms with Crippen molar-refractivity contribution in [2.45, 2.75) is 450 Å². The number of hydrogen-bond acceptors (Lipinski definition) is 5. The molecule has 0 radical (unpaired) electrons. The fourth-order valence-corrected chi connectivity index (χ4v) is 12.3. The predicted octanol–water partition coefficient (Wildman–Crippen LogP) is 24.7. The van der Waals surface area contributed by atoms with Gasteiger partial charge in [0.1, 0.15) is 0 Å². The molecule has 1 amide bonds. The maximum Gasteiger partial charge on any atom is 0.305 e. The summed E-state index contributed by atoms with van der Waals surface area (Å²) in [7, 11) is 0. The zero-order valence-electron chi connectivity index (χ0n) is 56.0. The van der Waals surface area contributed by atoms with Gasteiger partial charge in [-0.25, -0.2) is 0 Å². The molecule has 0 aromatic rings. The highest BCUT2D eigenvalue weighted by molar-refractivity contribution is 5.76. The summed E-state index contributed by atoms with van der Waals surface area (Å²) in [5.74, 6) is -0.00860. The van der Waals surface area contributed by atoms with Crippen molar-refractivity contribution in [1.82, 2.24) is 5.32 Å². The van der Waals surface area contributed by atoms with Gasteiger partial charge in [0, 0.05) is 12.8 Å². The van der Waals surface area contributed by atoms with E-state index in [2.05, 4.69) is 31.3 Å². The van der Waals surface area contributed by atoms with E-state index in [4.69, 9.17) is 4.74 Å². The molecule has 6 nitrogen and oxygen atoms in total. The van der Waals surface area contributed by atoms with Crippen molar-refractivity contribution in [3.63, 3.8) is 0 Å². The first-order chi connectivity index (χ1) is 40.5. The molecule has 488 valence electrons. The molecule has 3 N–H and O–H groups in total. The molecule has 0 aliphatic rings. The van der Waals surface area contributed by atoms with E-state index in [1.165, 1.54) is 366 Å². The van der Waals surface area contributed by atoms with Crippen molar-refractivity contribution >= 4 is 11.9 Å². The van der Waals surface area contributed by atoms with Crippen LogP contribution in [-0.4, -0.2) is 47.4 Å². The number of nitrogens with one attached hydrogen (secondary N) is 1. The minimum absolute atomic E-state index is 0.0200. The lowest BCUT2D eigenvalue weighted by atomic mass is 10.0. The van der Waals surface area contributed by atoms with Gasteiger partial charge in [-0.15, -0.1) is 0 Å². The molecule has 0 heterocycles. The van der Waals surface area contributed by atoms with E-state index >= 15 is 0 Å². The Morgan fingerprint density at radius 2 is 0.573 bits per heavy atom. The van der Waals surface area contributed by atoms with E-state index in [9.17, 15) is 19.8 Å². The molecule has 82 heavy (non-hydrogen) atoms. The van der Waals surface area contributed by atoms with Crippen molar-refractivity contribution in [2.75, 3.05) is 13.2 Å². The highest BCUT2D eigenvalue weighted by Crippen LogP contribution is 2.20. The average molecular weight is 1160 g/mol. The minimum atomic E-state index is -0.664. The van der Waals surface area contributed by atoms with Gasteiger partial charge in [0.25, 0.3) is 0 Å². The van der Waals surface area contributed by atoms with Crippen LogP contribution < -0.4 is 5.32 Å². The molecule has 0 aliphatic heterocycles. The zero-order valence-corrected chi connectivity index (χ0v) is 56.0. The Hall–Kier alpha value is -1.40. The molecule has 0 aliphatic carbocycles. The van der Waals surface area contributed by atoms with E-state index in [0.717, 1.165) is 38.5 Å². The fourth-order valence-electron chi connectivity index (χ4n) is 12.3. The van der Waals surface area contributed by atoms with Gasteiger partial charge in [-0.1, -0.05) is 386 Å². The van der Waals surface area contributed by atoms with Crippen molar-refractivity contribution in [3.8, 4) is 0 Å². The second-order valence-electron chi connectivity index (χ2n) is 26.3. The van der Waals surface area contributed by atoms with E-state index in [1.54, 1.807) is 0 Å². The van der Waals surface area contributed by atoms with Crippen LogP contribution in [0.15, 0.2) is 12.2 Å². The highest BCUT2D eigenvalue weighted by Gasteiger charge is 2.20. The third-order valence-corrected chi connectivity index (χ3v) is 18.1. The van der Waals surface area contributed by atoms with E-state index < -0.39 is 12.1 Å². The lowest BCUT2D eigenvalue weighted by Crippen LogP contribution is -2.45. The Morgan fingerprint density at radius 1 is 0.329 bits per heavy atom. The fraction of sp³-hybridized carbons (Fsp3) is 0.947. The van der Waals surface area contributed by atoms with Crippen molar-refractivity contribution in [2.24, 2.45) is 0 Å². The van der Waals surface area contributed by atoms with Crippen LogP contribution >= 0.6 is 0 Å². The summed E-state index contributed by atoms with van der Waals surface area (Å²) in [6.07, 6.45) is 90.0. The number of aliphatic hydroxyl groups excluding tert-OH is 2. The van der Waals surface area contributed by atoms with Gasteiger partial charge in [-0.05, 0) is 51.4 Å². The number of carbonyl (C=O) groups is 2. The average Bonchev–Trinajstić information content (AvgIpc) is 3.48. The molecule has 0 fully saturated rings. The Kier molecular flexibility index (Phi) is 70.8. The van der Waals surface area contributed by atoms with Gasteiger partial charge in [0.05, 0.1) is 25.4 Å². The maximum atomic E-state index is 12.6. The van der Waals surface area contributed by atoms with Crippen LogP contribution in [0.25, 0.3) is 0 Å². The standard InChI is InChI=1S/C76H149NO5/c1-3-5-7-9-11-13-15-17-19-20-21-22-32-35-38-41-44-48-52-56-60-64-68-74(79)73(72-78)77-75(80)69-65-61-57-53-49-45-42-39-36-33-30-28-26-24-23-25-27-29-31-34-37-40-43-47-51-55-59-63-67-71-82-76(81)70-66-62-58-54-50-46-18-16-14-12-10-8-6-4-2/h23,25,73-74,78-79H,3-22,24,26-72H2,1-2H3,(H,77,80)/b25-23-. The third kappa shape index (κ3) is 67.7. The Balaban J connectivity index is 3.36. The molecule has 0 aromatic heterocycles. The SMILES string of the molecule is CCCCCCCCCCCCCCCCCCCCCCCCC(O)C(CO)NC(=O)CCCCCCCCCCCCCCC/C=C\CCCCCCCCCCCCCCOC(=O)CCCCCCCCCCCCCCCC. The molecule has 0 saturated carbocycles. The number of hydrogen-bond donors (Lipinski definition) is 3. The number of amides is 1. The van der Waals surface area contributed by atoms with Crippen LogP contribution in [0.4, 0.5) is 0 Å². The highest BCUT2D eigenvalue weighted by atomic mass is 16.5. The second kappa shape index (κ2) is 72.1. The summed E-state index contributed by atoms with van der Waals surface area (Å²) in [6, 6.07) is -0.541. The van der Waals surface area contributed by atoms with Gasteiger partial charge in [-0.2, -0.15) is 0 Å². The van der Waals surface area contributed by atoms with Crippen LogP contribution in [0.5, 0.6) is 0 Å². The first-order valence-corrected chi connectivity index (χ1v) is 37.9. The third-order valence-electron chi connectivity index (χ3n) is 18.1. The molecule has 0 bridgehead atoms. The molecule has 6 heteroatoms. The van der Waals surface area contributed by atoms with Crippen molar-refractivity contribution in [3.05, 3.63) is 12.2 Å². The van der Waals surface area contributed by atoms with Crippen LogP contribution in [0, 0.1) is 0 Å². The van der Waals surface area contributed by atoms with Gasteiger partial charge >= 0.3 is 5.97 Å². The predicted molar refractivity (Wildman–Crippen MR) is 361 cm³/mol. The summed E-state index contributed by atoms with van der Waals surface area (Å²) >= 11 is 0. The summed E-state index contributed by atoms with van der Waals surface area (Å²) in [5, 5.41) is 23.4. The van der Waals surface area contributed by atoms with E-state index in [-0.39, 0.29) is 18.5 Å². The quantitative estimate of drug-likeness (QED) is 0.0320. The van der Waals surface area contributed by atoms with Crippen LogP contribution in [0.2, 0.25) is 0 Å². The number of ether oxygens (including phenoxy) is 1. The maximum absolute atomic E-state index is 12.6. The first-order valence-electron chi connectivity index (χ1n) is 37.9. The number of carbonyl (C=O) groups excluding carboxylic acids is 2. The molecular weight excluding hydrogens is 1010 g/mol.